The summed E-state index contributed by atoms with van der Waals surface area (Å²) in [7, 11) is -2.01. The van der Waals surface area contributed by atoms with Crippen molar-refractivity contribution in [2.45, 2.75) is 16.1 Å². The predicted octanol–water partition coefficient (Wildman–Crippen LogP) is 1.57. The molecule has 3 N–H and O–H groups in total. The van der Waals surface area contributed by atoms with Gasteiger partial charge in [0.25, 0.3) is 0 Å². The molecule has 1 aliphatic carbocycles. The van der Waals surface area contributed by atoms with Gasteiger partial charge >= 0.3 is 0 Å². The summed E-state index contributed by atoms with van der Waals surface area (Å²) in [5, 5.41) is 9.17. The summed E-state index contributed by atoms with van der Waals surface area (Å²) in [4.78, 5) is 0.261. The number of rotatable bonds is 6. The third-order valence-corrected chi connectivity index (χ3v) is 7.27. The molecule has 6 heteroatoms. The molecule has 0 aliphatic heterocycles. The number of sulfone groups is 1. The molecule has 0 aromatic heterocycles. The number of aliphatic hydroxyl groups excluding tert-OH is 1. The Morgan fingerprint density at radius 3 is 2.25 bits per heavy atom. The first-order valence-electron chi connectivity index (χ1n) is 7.75. The lowest BCUT2D eigenvalue weighted by Crippen LogP contribution is -2.27. The predicted molar refractivity (Wildman–Crippen MR) is 91.7 cm³/mol. The van der Waals surface area contributed by atoms with Gasteiger partial charge in [-0.1, -0.05) is 30.3 Å². The van der Waals surface area contributed by atoms with Crippen LogP contribution in [0, 0.1) is 5.41 Å². The molecule has 2 aromatic carbocycles. The van der Waals surface area contributed by atoms with Crippen molar-refractivity contribution in [2.75, 3.05) is 20.3 Å². The second-order valence-electron chi connectivity index (χ2n) is 6.12. The molecule has 1 aliphatic rings. The third-order valence-electron chi connectivity index (χ3n) is 4.94. The molecule has 128 valence electrons. The highest BCUT2D eigenvalue weighted by molar-refractivity contribution is 7.92. The molecule has 0 spiro atoms. The second kappa shape index (κ2) is 6.20. The van der Waals surface area contributed by atoms with Crippen LogP contribution in [-0.2, 0) is 9.84 Å². The van der Waals surface area contributed by atoms with Gasteiger partial charge in [0.05, 0.1) is 23.9 Å². The lowest BCUT2D eigenvalue weighted by Gasteiger charge is -2.12. The van der Waals surface area contributed by atoms with E-state index < -0.39 is 20.5 Å². The maximum atomic E-state index is 13.0. The molecule has 2 aromatic rings. The number of methoxy groups -OCH3 is 1. The number of ether oxygens (including phenoxy) is 1. The topological polar surface area (TPSA) is 89.6 Å². The Balaban J connectivity index is 2.02. The molecule has 1 fully saturated rings. The van der Waals surface area contributed by atoms with Gasteiger partial charge in [0.2, 0.25) is 0 Å². The van der Waals surface area contributed by atoms with Crippen LogP contribution in [0.1, 0.15) is 11.5 Å². The summed E-state index contributed by atoms with van der Waals surface area (Å²) in [5.74, 6) is 0.368. The van der Waals surface area contributed by atoms with Crippen LogP contribution in [-0.4, -0.2) is 39.0 Å². The number of hydrogen-bond donors (Lipinski definition) is 2. The van der Waals surface area contributed by atoms with Gasteiger partial charge in [-0.15, -0.1) is 0 Å². The van der Waals surface area contributed by atoms with E-state index in [4.69, 9.17) is 10.5 Å². The van der Waals surface area contributed by atoms with Crippen LogP contribution in [0.5, 0.6) is 5.75 Å². The molecule has 3 unspecified atom stereocenters. The number of benzene rings is 2. The van der Waals surface area contributed by atoms with Crippen LogP contribution in [0.4, 0.5) is 0 Å². The highest BCUT2D eigenvalue weighted by atomic mass is 32.2. The van der Waals surface area contributed by atoms with Gasteiger partial charge in [-0.05, 0) is 29.8 Å². The first kappa shape index (κ1) is 17.0. The Labute approximate surface area is 142 Å². The van der Waals surface area contributed by atoms with Gasteiger partial charge in [-0.25, -0.2) is 8.42 Å². The summed E-state index contributed by atoms with van der Waals surface area (Å²) >= 11 is 0. The van der Waals surface area contributed by atoms with Crippen molar-refractivity contribution < 1.29 is 18.3 Å². The molecule has 24 heavy (non-hydrogen) atoms. The fourth-order valence-electron chi connectivity index (χ4n) is 3.51. The largest absolute Gasteiger partial charge is 0.497 e. The average Bonchev–Trinajstić information content (AvgIpc) is 3.33. The van der Waals surface area contributed by atoms with Crippen molar-refractivity contribution in [3.05, 3.63) is 60.2 Å². The van der Waals surface area contributed by atoms with Crippen molar-refractivity contribution in [2.24, 2.45) is 11.1 Å². The Morgan fingerprint density at radius 2 is 1.75 bits per heavy atom. The maximum absolute atomic E-state index is 13.0. The zero-order valence-electron chi connectivity index (χ0n) is 13.4. The monoisotopic (exact) mass is 347 g/mol. The van der Waals surface area contributed by atoms with Gasteiger partial charge in [-0.2, -0.15) is 0 Å². The summed E-state index contributed by atoms with van der Waals surface area (Å²) in [5.41, 5.74) is 5.88. The summed E-state index contributed by atoms with van der Waals surface area (Å²) in [6, 6.07) is 15.6. The minimum absolute atomic E-state index is 0.108. The molecule has 0 bridgehead atoms. The highest BCUT2D eigenvalue weighted by Crippen LogP contribution is 2.63. The average molecular weight is 347 g/mol. The van der Waals surface area contributed by atoms with E-state index in [-0.39, 0.29) is 24.0 Å². The molecule has 0 radical (unpaired) electrons. The quantitative estimate of drug-likeness (QED) is 0.828. The lowest BCUT2D eigenvalue weighted by molar-refractivity contribution is 0.212. The van der Waals surface area contributed by atoms with Gasteiger partial charge in [0.15, 0.2) is 9.84 Å². The van der Waals surface area contributed by atoms with Crippen LogP contribution in [0.3, 0.4) is 0 Å². The SMILES string of the molecule is COc1ccc(C2C(S(=O)(=O)c3ccccc3)C2(CN)CO)cc1. The van der Waals surface area contributed by atoms with E-state index in [1.54, 1.807) is 49.6 Å². The number of aliphatic hydroxyl groups is 1. The van der Waals surface area contributed by atoms with E-state index in [0.717, 1.165) is 5.56 Å². The third kappa shape index (κ3) is 2.51. The fourth-order valence-corrected chi connectivity index (χ4v) is 5.99. The number of hydrogen-bond acceptors (Lipinski definition) is 5. The molecular formula is C18H21NO4S. The van der Waals surface area contributed by atoms with Crippen LogP contribution < -0.4 is 10.5 Å². The summed E-state index contributed by atoms with van der Waals surface area (Å²) < 4.78 is 31.2. The lowest BCUT2D eigenvalue weighted by atomic mass is 10.00. The second-order valence-corrected chi connectivity index (χ2v) is 8.19. The van der Waals surface area contributed by atoms with Gasteiger partial charge < -0.3 is 15.6 Å². The molecular weight excluding hydrogens is 326 g/mol. The van der Waals surface area contributed by atoms with Crippen molar-refractivity contribution in [3.8, 4) is 5.75 Å². The highest BCUT2D eigenvalue weighted by Gasteiger charge is 2.70. The Morgan fingerprint density at radius 1 is 1.12 bits per heavy atom. The maximum Gasteiger partial charge on any atom is 0.182 e. The van der Waals surface area contributed by atoms with Crippen LogP contribution >= 0.6 is 0 Å². The zero-order valence-corrected chi connectivity index (χ0v) is 14.2. The van der Waals surface area contributed by atoms with E-state index in [0.29, 0.717) is 5.75 Å². The van der Waals surface area contributed by atoms with E-state index in [2.05, 4.69) is 0 Å². The smallest absolute Gasteiger partial charge is 0.182 e. The first-order valence-corrected chi connectivity index (χ1v) is 9.29. The van der Waals surface area contributed by atoms with Crippen molar-refractivity contribution in [1.82, 2.24) is 0 Å². The normalized spacial score (nSPS) is 26.1. The standard InChI is InChI=1S/C18H21NO4S/c1-23-14-9-7-13(8-10-14)16-17(18(16,11-19)12-20)24(21,22)15-5-3-2-4-6-15/h2-10,16-17,20H,11-12,19H2,1H3. The fraction of sp³-hybridized carbons (Fsp3) is 0.333. The van der Waals surface area contributed by atoms with Crippen molar-refractivity contribution >= 4 is 9.84 Å². The molecule has 5 nitrogen and oxygen atoms in total. The van der Waals surface area contributed by atoms with E-state index in [1.807, 2.05) is 12.1 Å². The molecule has 1 saturated carbocycles. The molecule has 0 saturated heterocycles. The molecule has 0 heterocycles. The Bertz CT molecular complexity index is 799. The molecule has 0 amide bonds. The van der Waals surface area contributed by atoms with Gasteiger partial charge in [-0.3, -0.25) is 0 Å². The number of nitrogens with two attached hydrogens (primary N) is 1. The van der Waals surface area contributed by atoms with Crippen molar-refractivity contribution in [3.63, 3.8) is 0 Å². The minimum Gasteiger partial charge on any atom is -0.497 e. The van der Waals surface area contributed by atoms with E-state index in [9.17, 15) is 13.5 Å². The summed E-state index contributed by atoms with van der Waals surface area (Å²) in [6.45, 7) is -0.159. The molecule has 3 atom stereocenters. The first-order chi connectivity index (χ1) is 11.5. The minimum atomic E-state index is -3.58. The summed E-state index contributed by atoms with van der Waals surface area (Å²) in [6.07, 6.45) is 0. The van der Waals surface area contributed by atoms with Crippen LogP contribution in [0.25, 0.3) is 0 Å². The van der Waals surface area contributed by atoms with Gasteiger partial charge in [0.1, 0.15) is 5.75 Å². The van der Waals surface area contributed by atoms with Crippen LogP contribution in [0.15, 0.2) is 59.5 Å². The van der Waals surface area contributed by atoms with Crippen LogP contribution in [0.2, 0.25) is 0 Å². The molecule has 3 rings (SSSR count). The Hall–Kier alpha value is -1.89. The van der Waals surface area contributed by atoms with Gasteiger partial charge in [0, 0.05) is 17.9 Å². The zero-order chi connectivity index (χ0) is 17.4. The Kier molecular flexibility index (Phi) is 4.38. The van der Waals surface area contributed by atoms with E-state index >= 15 is 0 Å². The van der Waals surface area contributed by atoms with E-state index in [1.165, 1.54) is 0 Å². The van der Waals surface area contributed by atoms with Crippen molar-refractivity contribution in [1.29, 1.82) is 0 Å².